The quantitative estimate of drug-likeness (QED) is 0.577. The maximum absolute atomic E-state index is 13.2. The van der Waals surface area contributed by atoms with Crippen LogP contribution in [0.4, 0.5) is 9.18 Å². The molecule has 0 bridgehead atoms. The van der Waals surface area contributed by atoms with Gasteiger partial charge in [0.15, 0.2) is 0 Å². The lowest BCUT2D eigenvalue weighted by Gasteiger charge is -2.04. The Balaban J connectivity index is 2.29. The van der Waals surface area contributed by atoms with Crippen LogP contribution in [0.3, 0.4) is 0 Å². The van der Waals surface area contributed by atoms with Crippen molar-refractivity contribution < 1.29 is 27.9 Å². The van der Waals surface area contributed by atoms with E-state index in [0.29, 0.717) is 22.3 Å². The van der Waals surface area contributed by atoms with E-state index in [1.807, 2.05) is 6.92 Å². The Morgan fingerprint density at radius 3 is 2.44 bits per heavy atom. The molecular formula is C18H14FNO5. The van der Waals surface area contributed by atoms with Crippen LogP contribution in [0.5, 0.6) is 5.75 Å². The molecule has 1 amide bonds. The van der Waals surface area contributed by atoms with Crippen LogP contribution in [-0.2, 0) is 4.74 Å². The van der Waals surface area contributed by atoms with Crippen LogP contribution in [0.1, 0.15) is 15.9 Å². The molecule has 25 heavy (non-hydrogen) atoms. The summed E-state index contributed by atoms with van der Waals surface area (Å²) in [6.45, 7) is 1.82. The molecule has 128 valence electrons. The Labute approximate surface area is 141 Å². The minimum absolute atomic E-state index is 0.0127. The first-order valence-corrected chi connectivity index (χ1v) is 7.29. The molecule has 6 nitrogen and oxygen atoms in total. The third-order valence-electron chi connectivity index (χ3n) is 3.71. The summed E-state index contributed by atoms with van der Waals surface area (Å²) in [5.41, 5.74) is 6.60. The maximum Gasteiger partial charge on any atom is 0.412 e. The summed E-state index contributed by atoms with van der Waals surface area (Å²) in [5.74, 6) is -0.712. The van der Waals surface area contributed by atoms with E-state index >= 15 is 0 Å². The van der Waals surface area contributed by atoms with Crippen molar-refractivity contribution >= 4 is 23.0 Å². The maximum atomic E-state index is 13.2. The van der Waals surface area contributed by atoms with Crippen molar-refractivity contribution in [2.24, 2.45) is 5.73 Å². The number of benzene rings is 2. The first-order chi connectivity index (χ1) is 11.9. The molecule has 0 atom stereocenters. The van der Waals surface area contributed by atoms with E-state index in [1.165, 1.54) is 31.4 Å². The highest BCUT2D eigenvalue weighted by atomic mass is 19.1. The molecule has 1 heterocycles. The van der Waals surface area contributed by atoms with Crippen LogP contribution in [-0.4, -0.2) is 19.2 Å². The minimum Gasteiger partial charge on any atom is -0.496 e. The molecule has 0 aliphatic heterocycles. The number of carbonyl (C=O) groups is 2. The van der Waals surface area contributed by atoms with Gasteiger partial charge in [-0.25, -0.2) is 14.0 Å². The Bertz CT molecular complexity index is 975. The topological polar surface area (TPSA) is 91.8 Å². The van der Waals surface area contributed by atoms with Crippen molar-refractivity contribution in [3.8, 4) is 17.1 Å². The number of ether oxygens (including phenoxy) is 2. The van der Waals surface area contributed by atoms with Crippen LogP contribution >= 0.6 is 0 Å². The molecule has 0 radical (unpaired) electrons. The number of rotatable bonds is 3. The number of halogens is 1. The summed E-state index contributed by atoms with van der Waals surface area (Å²) in [6, 6.07) is 8.69. The average molecular weight is 343 g/mol. The lowest BCUT2D eigenvalue weighted by Crippen LogP contribution is -2.18. The lowest BCUT2D eigenvalue weighted by atomic mass is 10.0. The second kappa shape index (κ2) is 6.27. The first-order valence-electron chi connectivity index (χ1n) is 7.29. The summed E-state index contributed by atoms with van der Waals surface area (Å²) < 4.78 is 28.7. The fraction of sp³-hybridized carbons (Fsp3) is 0.111. The molecule has 0 fully saturated rings. The second-order valence-electron chi connectivity index (χ2n) is 5.34. The number of carbonyl (C=O) groups excluding carboxylic acids is 2. The Morgan fingerprint density at radius 1 is 1.16 bits per heavy atom. The summed E-state index contributed by atoms with van der Waals surface area (Å²) in [7, 11) is 1.50. The smallest absolute Gasteiger partial charge is 0.412 e. The predicted octanol–water partition coefficient (Wildman–Crippen LogP) is 3.79. The summed E-state index contributed by atoms with van der Waals surface area (Å²) >= 11 is 0. The number of esters is 1. The summed E-state index contributed by atoms with van der Waals surface area (Å²) in [5, 5.41) is 0.396. The molecule has 0 unspecified atom stereocenters. The Hall–Kier alpha value is -3.35. The van der Waals surface area contributed by atoms with Gasteiger partial charge in [-0.05, 0) is 48.9 Å². The van der Waals surface area contributed by atoms with Gasteiger partial charge in [0, 0.05) is 10.9 Å². The minimum atomic E-state index is -1.23. The number of aryl methyl sites for hydroxylation is 1. The van der Waals surface area contributed by atoms with Crippen molar-refractivity contribution in [2.75, 3.05) is 7.11 Å². The third kappa shape index (κ3) is 3.03. The van der Waals surface area contributed by atoms with E-state index < -0.39 is 17.9 Å². The third-order valence-corrected chi connectivity index (χ3v) is 3.71. The van der Waals surface area contributed by atoms with Gasteiger partial charge in [0.2, 0.25) is 0 Å². The molecule has 0 saturated heterocycles. The zero-order chi connectivity index (χ0) is 18.1. The van der Waals surface area contributed by atoms with Gasteiger partial charge in [0.05, 0.1) is 7.11 Å². The van der Waals surface area contributed by atoms with E-state index in [9.17, 15) is 14.0 Å². The highest BCUT2D eigenvalue weighted by molar-refractivity contribution is 6.11. The first kappa shape index (κ1) is 16.5. The normalized spacial score (nSPS) is 10.7. The van der Waals surface area contributed by atoms with Crippen LogP contribution in [0.2, 0.25) is 0 Å². The zero-order valence-corrected chi connectivity index (χ0v) is 13.5. The lowest BCUT2D eigenvalue weighted by molar-refractivity contribution is 0.0640. The van der Waals surface area contributed by atoms with E-state index in [2.05, 4.69) is 4.74 Å². The van der Waals surface area contributed by atoms with E-state index in [0.717, 1.165) is 5.56 Å². The van der Waals surface area contributed by atoms with Gasteiger partial charge in [-0.2, -0.15) is 0 Å². The number of amides is 1. The molecule has 0 saturated carbocycles. The summed E-state index contributed by atoms with van der Waals surface area (Å²) in [6.07, 6.45) is -1.23. The second-order valence-corrected chi connectivity index (χ2v) is 5.34. The van der Waals surface area contributed by atoms with E-state index in [1.54, 1.807) is 12.1 Å². The van der Waals surface area contributed by atoms with Gasteiger partial charge < -0.3 is 19.6 Å². The van der Waals surface area contributed by atoms with E-state index in [-0.39, 0.29) is 11.3 Å². The molecule has 1 aromatic heterocycles. The fourth-order valence-corrected chi connectivity index (χ4v) is 2.59. The van der Waals surface area contributed by atoms with Crippen molar-refractivity contribution in [1.82, 2.24) is 0 Å². The molecule has 2 aromatic carbocycles. The number of furan rings is 1. The number of hydrogen-bond donors (Lipinski definition) is 1. The molecule has 0 aliphatic carbocycles. The van der Waals surface area contributed by atoms with Crippen molar-refractivity contribution in [3.63, 3.8) is 0 Å². The molecule has 3 aromatic rings. The van der Waals surface area contributed by atoms with Crippen molar-refractivity contribution in [1.29, 1.82) is 0 Å². The van der Waals surface area contributed by atoms with Crippen molar-refractivity contribution in [2.45, 2.75) is 6.92 Å². The SMILES string of the molecule is COc1cc2c(C(=O)OC(N)=O)c(-c3ccc(F)cc3)oc2cc1C. The number of methoxy groups -OCH3 is 1. The monoisotopic (exact) mass is 343 g/mol. The predicted molar refractivity (Wildman–Crippen MR) is 87.9 cm³/mol. The highest BCUT2D eigenvalue weighted by Crippen LogP contribution is 2.37. The molecule has 7 heteroatoms. The Kier molecular flexibility index (Phi) is 4.14. The summed E-state index contributed by atoms with van der Waals surface area (Å²) in [4.78, 5) is 23.4. The van der Waals surface area contributed by atoms with Gasteiger partial charge in [0.25, 0.3) is 0 Å². The van der Waals surface area contributed by atoms with Crippen LogP contribution < -0.4 is 10.5 Å². The number of nitrogens with two attached hydrogens (primary N) is 1. The zero-order valence-electron chi connectivity index (χ0n) is 13.5. The number of hydrogen-bond acceptors (Lipinski definition) is 5. The highest BCUT2D eigenvalue weighted by Gasteiger charge is 2.25. The number of fused-ring (bicyclic) bond motifs is 1. The van der Waals surface area contributed by atoms with Crippen LogP contribution in [0, 0.1) is 12.7 Å². The molecular weight excluding hydrogens is 329 g/mol. The van der Waals surface area contributed by atoms with Crippen LogP contribution in [0.25, 0.3) is 22.3 Å². The largest absolute Gasteiger partial charge is 0.496 e. The van der Waals surface area contributed by atoms with Gasteiger partial charge >= 0.3 is 12.1 Å². The van der Waals surface area contributed by atoms with E-state index in [4.69, 9.17) is 14.9 Å². The molecule has 3 rings (SSSR count). The molecule has 0 aliphatic rings. The Morgan fingerprint density at radius 2 is 1.84 bits per heavy atom. The fourth-order valence-electron chi connectivity index (χ4n) is 2.59. The number of primary amides is 1. The average Bonchev–Trinajstić information content (AvgIpc) is 2.92. The molecule has 0 spiro atoms. The van der Waals surface area contributed by atoms with Gasteiger partial charge in [0.1, 0.15) is 28.5 Å². The van der Waals surface area contributed by atoms with Crippen LogP contribution in [0.15, 0.2) is 40.8 Å². The van der Waals surface area contributed by atoms with Crippen molar-refractivity contribution in [3.05, 3.63) is 53.3 Å². The standard InChI is InChI=1S/C18H14FNO5/c1-9-7-14-12(8-13(9)23-2)15(17(21)25-18(20)22)16(24-14)10-3-5-11(19)6-4-10/h3-8H,1-2H3,(H2,20,22). The van der Waals surface area contributed by atoms with Gasteiger partial charge in [-0.15, -0.1) is 0 Å². The molecule has 2 N–H and O–H groups in total. The van der Waals surface area contributed by atoms with Gasteiger partial charge in [-0.3, -0.25) is 0 Å². The van der Waals surface area contributed by atoms with Gasteiger partial charge in [-0.1, -0.05) is 0 Å².